The van der Waals surface area contributed by atoms with Gasteiger partial charge in [-0.1, -0.05) is 15.9 Å². The lowest BCUT2D eigenvalue weighted by atomic mass is 10.0. The minimum Gasteiger partial charge on any atom is -0.384 e. The molecule has 0 amide bonds. The normalized spacial score (nSPS) is 14.4. The van der Waals surface area contributed by atoms with Gasteiger partial charge in [0.25, 0.3) is 0 Å². The van der Waals surface area contributed by atoms with Gasteiger partial charge in [0, 0.05) is 4.47 Å². The predicted molar refractivity (Wildman–Crippen MR) is 50.6 cm³/mol. The maximum absolute atomic E-state index is 13.2. The molecule has 1 aromatic carbocycles. The van der Waals surface area contributed by atoms with E-state index in [1.165, 1.54) is 6.07 Å². The van der Waals surface area contributed by atoms with E-state index in [-0.39, 0.29) is 4.47 Å². The summed E-state index contributed by atoms with van der Waals surface area (Å²) >= 11 is 2.86. The second-order valence-electron chi connectivity index (χ2n) is 2.80. The molecule has 80 valence electrons. The van der Waals surface area contributed by atoms with Crippen LogP contribution >= 0.6 is 15.9 Å². The van der Waals surface area contributed by atoms with Gasteiger partial charge in [0.1, 0.15) is 17.7 Å². The summed E-state index contributed by atoms with van der Waals surface area (Å²) in [4.78, 5) is 0. The van der Waals surface area contributed by atoms with Crippen molar-refractivity contribution in [1.82, 2.24) is 0 Å². The van der Waals surface area contributed by atoms with Crippen LogP contribution in [0.15, 0.2) is 16.6 Å². The second kappa shape index (κ2) is 4.66. The van der Waals surface area contributed by atoms with Crippen LogP contribution < -0.4 is 0 Å². The van der Waals surface area contributed by atoms with Gasteiger partial charge in [-0.15, -0.1) is 0 Å². The third kappa shape index (κ3) is 2.50. The Morgan fingerprint density at radius 3 is 2.13 bits per heavy atom. The van der Waals surface area contributed by atoms with Crippen LogP contribution in [-0.2, 0) is 0 Å². The second-order valence-corrected chi connectivity index (χ2v) is 3.72. The van der Waals surface area contributed by atoms with Crippen LogP contribution in [-0.4, -0.2) is 16.3 Å². The fraction of sp³-hybridized carbons (Fsp3) is 0.222. The largest absolute Gasteiger partial charge is 0.384 e. The Labute approximate surface area is 92.7 Å². The zero-order valence-electron chi connectivity index (χ0n) is 7.28. The van der Waals surface area contributed by atoms with Crippen LogP contribution in [0.3, 0.4) is 0 Å². The third-order valence-electron chi connectivity index (χ3n) is 1.77. The van der Waals surface area contributed by atoms with Crippen molar-refractivity contribution in [2.24, 2.45) is 0 Å². The van der Waals surface area contributed by atoms with E-state index in [1.54, 1.807) is 0 Å². The van der Waals surface area contributed by atoms with Crippen LogP contribution in [0.2, 0.25) is 0 Å². The van der Waals surface area contributed by atoms with Crippen LogP contribution in [0.25, 0.3) is 0 Å². The molecule has 6 heteroatoms. The number of nitrogens with zero attached hydrogens (tertiary/aromatic N) is 1. The zero-order chi connectivity index (χ0) is 11.6. The van der Waals surface area contributed by atoms with Crippen molar-refractivity contribution < 1.29 is 19.0 Å². The summed E-state index contributed by atoms with van der Waals surface area (Å²) < 4.78 is 26.6. The van der Waals surface area contributed by atoms with Gasteiger partial charge in [0.05, 0.1) is 11.6 Å². The highest BCUT2D eigenvalue weighted by Gasteiger charge is 2.25. The Morgan fingerprint density at radius 2 is 1.73 bits per heavy atom. The molecule has 0 aromatic heterocycles. The molecule has 0 fully saturated rings. The van der Waals surface area contributed by atoms with Gasteiger partial charge in [0.2, 0.25) is 0 Å². The van der Waals surface area contributed by atoms with E-state index in [0.717, 1.165) is 12.1 Å². The third-order valence-corrected chi connectivity index (χ3v) is 2.23. The maximum Gasteiger partial charge on any atom is 0.170 e. The number of rotatable bonds is 2. The van der Waals surface area contributed by atoms with Gasteiger partial charge in [0.15, 0.2) is 6.10 Å². The van der Waals surface area contributed by atoms with E-state index < -0.39 is 29.4 Å². The quantitative estimate of drug-likeness (QED) is 0.808. The number of hydrogen-bond donors (Lipinski definition) is 2. The Hall–Kier alpha value is -1.03. The molecule has 1 aromatic rings. The lowest BCUT2D eigenvalue weighted by molar-refractivity contribution is 0.0476. The number of benzene rings is 1. The van der Waals surface area contributed by atoms with E-state index in [0.29, 0.717) is 0 Å². The molecule has 2 unspecified atom stereocenters. The maximum atomic E-state index is 13.2. The monoisotopic (exact) mass is 277 g/mol. The summed E-state index contributed by atoms with van der Waals surface area (Å²) in [6.45, 7) is 0. The van der Waals surface area contributed by atoms with E-state index in [2.05, 4.69) is 15.9 Å². The van der Waals surface area contributed by atoms with Crippen molar-refractivity contribution in [3.05, 3.63) is 33.8 Å². The molecule has 0 heterocycles. The van der Waals surface area contributed by atoms with Crippen molar-refractivity contribution in [3.8, 4) is 6.07 Å². The Bertz CT molecular complexity index is 396. The highest BCUT2D eigenvalue weighted by molar-refractivity contribution is 9.10. The molecule has 0 aliphatic carbocycles. The zero-order valence-corrected chi connectivity index (χ0v) is 8.87. The van der Waals surface area contributed by atoms with Gasteiger partial charge in [-0.3, -0.25) is 0 Å². The number of aliphatic hydroxyl groups excluding tert-OH is 2. The number of hydrogen-bond acceptors (Lipinski definition) is 3. The molecule has 0 saturated carbocycles. The van der Waals surface area contributed by atoms with Gasteiger partial charge in [-0.25, -0.2) is 8.78 Å². The van der Waals surface area contributed by atoms with Crippen LogP contribution in [0, 0.1) is 23.0 Å². The van der Waals surface area contributed by atoms with E-state index in [1.807, 2.05) is 0 Å². The molecule has 0 bridgehead atoms. The standard InChI is InChI=1S/C9H6BrF2NO2/c10-4-1-5(11)8(6(12)2-4)9(15)7(14)3-13/h1-2,7,9,14-15H. The van der Waals surface area contributed by atoms with Crippen molar-refractivity contribution in [1.29, 1.82) is 5.26 Å². The van der Waals surface area contributed by atoms with E-state index in [4.69, 9.17) is 10.4 Å². The Morgan fingerprint density at radius 1 is 1.27 bits per heavy atom. The van der Waals surface area contributed by atoms with Crippen LogP contribution in [0.1, 0.15) is 11.7 Å². The Kier molecular flexibility index (Phi) is 3.74. The Balaban J connectivity index is 3.21. The van der Waals surface area contributed by atoms with Crippen molar-refractivity contribution >= 4 is 15.9 Å². The van der Waals surface area contributed by atoms with Gasteiger partial charge in [-0.05, 0) is 12.1 Å². The summed E-state index contributed by atoms with van der Waals surface area (Å²) in [6.07, 6.45) is -3.77. The van der Waals surface area contributed by atoms with Gasteiger partial charge in [-0.2, -0.15) is 5.26 Å². The molecule has 0 spiro atoms. The molecule has 0 saturated heterocycles. The average Bonchev–Trinajstić information content (AvgIpc) is 2.14. The molecule has 2 atom stereocenters. The number of aliphatic hydroxyl groups is 2. The topological polar surface area (TPSA) is 64.2 Å². The molecule has 2 N–H and O–H groups in total. The highest BCUT2D eigenvalue weighted by atomic mass is 79.9. The first-order chi connectivity index (χ1) is 6.97. The molecular formula is C9H6BrF2NO2. The SMILES string of the molecule is N#CC(O)C(O)c1c(F)cc(Br)cc1F. The molecule has 15 heavy (non-hydrogen) atoms. The first-order valence-corrected chi connectivity index (χ1v) is 4.67. The number of nitriles is 1. The van der Waals surface area contributed by atoms with Crippen molar-refractivity contribution in [3.63, 3.8) is 0 Å². The van der Waals surface area contributed by atoms with Crippen molar-refractivity contribution in [2.75, 3.05) is 0 Å². The van der Waals surface area contributed by atoms with Gasteiger partial charge >= 0.3 is 0 Å². The van der Waals surface area contributed by atoms with Crippen molar-refractivity contribution in [2.45, 2.75) is 12.2 Å². The highest BCUT2D eigenvalue weighted by Crippen LogP contribution is 2.26. The molecule has 0 aliphatic heterocycles. The van der Waals surface area contributed by atoms with Crippen LogP contribution in [0.4, 0.5) is 8.78 Å². The smallest absolute Gasteiger partial charge is 0.170 e. The molecule has 1 rings (SSSR count). The number of halogens is 3. The molecule has 0 radical (unpaired) electrons. The minimum absolute atomic E-state index is 0.167. The fourth-order valence-electron chi connectivity index (χ4n) is 1.06. The first kappa shape index (κ1) is 12.0. The lowest BCUT2D eigenvalue weighted by Crippen LogP contribution is -2.18. The van der Waals surface area contributed by atoms with E-state index in [9.17, 15) is 13.9 Å². The molecular weight excluding hydrogens is 272 g/mol. The van der Waals surface area contributed by atoms with Crippen LogP contribution in [0.5, 0.6) is 0 Å². The van der Waals surface area contributed by atoms with Gasteiger partial charge < -0.3 is 10.2 Å². The minimum atomic E-state index is -1.90. The molecule has 3 nitrogen and oxygen atoms in total. The fourth-order valence-corrected chi connectivity index (χ4v) is 1.47. The average molecular weight is 278 g/mol. The summed E-state index contributed by atoms with van der Waals surface area (Å²) in [5, 5.41) is 26.5. The first-order valence-electron chi connectivity index (χ1n) is 3.87. The summed E-state index contributed by atoms with van der Waals surface area (Å²) in [6, 6.07) is 3.17. The summed E-state index contributed by atoms with van der Waals surface area (Å²) in [5.41, 5.74) is -0.716. The molecule has 0 aliphatic rings. The lowest BCUT2D eigenvalue weighted by Gasteiger charge is -2.13. The summed E-state index contributed by atoms with van der Waals surface area (Å²) in [5.74, 6) is -2.05. The van der Waals surface area contributed by atoms with E-state index >= 15 is 0 Å². The summed E-state index contributed by atoms with van der Waals surface area (Å²) in [7, 11) is 0. The predicted octanol–water partition coefficient (Wildman–Crippen LogP) is 1.65.